The number of para-hydroxylation sites is 1. The second kappa shape index (κ2) is 10.0. The van der Waals surface area contributed by atoms with Gasteiger partial charge in [0.15, 0.2) is 0 Å². The van der Waals surface area contributed by atoms with Crippen molar-refractivity contribution in [1.29, 1.82) is 0 Å². The van der Waals surface area contributed by atoms with E-state index in [-0.39, 0.29) is 18.0 Å². The molecule has 0 spiro atoms. The molecule has 7 nitrogen and oxygen atoms in total. The number of nitrogens with zero attached hydrogens (tertiary/aromatic N) is 1. The van der Waals surface area contributed by atoms with Crippen molar-refractivity contribution in [1.82, 2.24) is 4.90 Å². The second-order valence-corrected chi connectivity index (χ2v) is 7.68. The lowest BCUT2D eigenvalue weighted by Crippen LogP contribution is -2.36. The lowest BCUT2D eigenvalue weighted by Gasteiger charge is -2.23. The molecule has 0 unspecified atom stereocenters. The Bertz CT molecular complexity index is 887. The summed E-state index contributed by atoms with van der Waals surface area (Å²) < 4.78 is 46.0. The Balaban J connectivity index is 2.09. The maximum atomic E-state index is 13.8. The molecule has 0 atom stereocenters. The third-order valence-corrected chi connectivity index (χ3v) is 4.22. The van der Waals surface area contributed by atoms with Crippen molar-refractivity contribution in [3.63, 3.8) is 0 Å². The van der Waals surface area contributed by atoms with Crippen molar-refractivity contribution in [2.24, 2.45) is 0 Å². The van der Waals surface area contributed by atoms with Crippen LogP contribution in [-0.2, 0) is 21.4 Å². The summed E-state index contributed by atoms with van der Waals surface area (Å²) in [6, 6.07) is 11.8. The van der Waals surface area contributed by atoms with Gasteiger partial charge in [0.25, 0.3) is 0 Å². The van der Waals surface area contributed by atoms with E-state index < -0.39 is 22.0 Å². The maximum Gasteiger partial charge on any atom is 0.322 e. The van der Waals surface area contributed by atoms with Gasteiger partial charge >= 0.3 is 16.1 Å². The standard InChI is InChI=1S/C19H23FN2O5S/c1-26-13-5-12-22(19(23)21-18-7-4-3-6-17(18)20)14-15-8-10-16(11-9-15)27-28(2,24)25/h3-4,6-11H,5,12-14H2,1-2H3,(H,21,23). The number of rotatable bonds is 9. The van der Waals surface area contributed by atoms with E-state index in [0.29, 0.717) is 19.6 Å². The first-order chi connectivity index (χ1) is 13.3. The maximum absolute atomic E-state index is 13.8. The van der Waals surface area contributed by atoms with Crippen LogP contribution in [0.2, 0.25) is 0 Å². The third-order valence-electron chi connectivity index (χ3n) is 3.72. The molecule has 0 saturated carbocycles. The van der Waals surface area contributed by atoms with Gasteiger partial charge in [0.1, 0.15) is 11.6 Å². The van der Waals surface area contributed by atoms with Gasteiger partial charge in [0, 0.05) is 26.8 Å². The minimum atomic E-state index is -3.60. The number of benzene rings is 2. The van der Waals surface area contributed by atoms with Crippen LogP contribution in [0.1, 0.15) is 12.0 Å². The second-order valence-electron chi connectivity index (χ2n) is 6.11. The van der Waals surface area contributed by atoms with E-state index in [1.54, 1.807) is 31.4 Å². The zero-order valence-electron chi connectivity index (χ0n) is 15.7. The molecule has 1 N–H and O–H groups in total. The fraction of sp³-hybridized carbons (Fsp3) is 0.316. The molecule has 0 aliphatic carbocycles. The Labute approximate surface area is 164 Å². The first-order valence-corrected chi connectivity index (χ1v) is 10.4. The minimum absolute atomic E-state index is 0.0983. The summed E-state index contributed by atoms with van der Waals surface area (Å²) in [4.78, 5) is 14.1. The summed E-state index contributed by atoms with van der Waals surface area (Å²) in [6.45, 7) is 1.13. The van der Waals surface area contributed by atoms with Gasteiger partial charge < -0.3 is 19.1 Å². The minimum Gasteiger partial charge on any atom is -0.385 e. The number of anilines is 1. The Morgan fingerprint density at radius 2 is 1.82 bits per heavy atom. The number of urea groups is 1. The zero-order chi connectivity index (χ0) is 20.6. The monoisotopic (exact) mass is 410 g/mol. The smallest absolute Gasteiger partial charge is 0.322 e. The van der Waals surface area contributed by atoms with Crippen molar-refractivity contribution in [3.8, 4) is 5.75 Å². The summed E-state index contributed by atoms with van der Waals surface area (Å²) >= 11 is 0. The predicted molar refractivity (Wildman–Crippen MR) is 104 cm³/mol. The summed E-state index contributed by atoms with van der Waals surface area (Å²) in [7, 11) is -2.03. The van der Waals surface area contributed by atoms with E-state index >= 15 is 0 Å². The highest BCUT2D eigenvalue weighted by molar-refractivity contribution is 7.86. The van der Waals surface area contributed by atoms with Crippen molar-refractivity contribution in [3.05, 3.63) is 59.9 Å². The van der Waals surface area contributed by atoms with Gasteiger partial charge in [-0.15, -0.1) is 0 Å². The third kappa shape index (κ3) is 7.16. The van der Waals surface area contributed by atoms with Crippen LogP contribution in [-0.4, -0.2) is 45.9 Å². The van der Waals surface area contributed by atoms with E-state index in [2.05, 4.69) is 5.32 Å². The van der Waals surface area contributed by atoms with Crippen LogP contribution in [0.4, 0.5) is 14.9 Å². The van der Waals surface area contributed by atoms with E-state index in [4.69, 9.17) is 8.92 Å². The average molecular weight is 410 g/mol. The number of carbonyl (C=O) groups is 1. The highest BCUT2D eigenvalue weighted by Crippen LogP contribution is 2.17. The van der Waals surface area contributed by atoms with Crippen LogP contribution in [0.3, 0.4) is 0 Å². The molecule has 28 heavy (non-hydrogen) atoms. The number of nitrogens with one attached hydrogen (secondary N) is 1. The molecule has 0 heterocycles. The largest absolute Gasteiger partial charge is 0.385 e. The van der Waals surface area contributed by atoms with Gasteiger partial charge in [-0.05, 0) is 36.2 Å². The first kappa shape index (κ1) is 21.6. The quantitative estimate of drug-likeness (QED) is 0.507. The van der Waals surface area contributed by atoms with E-state index in [1.165, 1.54) is 29.2 Å². The van der Waals surface area contributed by atoms with Gasteiger partial charge in [-0.3, -0.25) is 0 Å². The molecule has 0 radical (unpaired) electrons. The highest BCUT2D eigenvalue weighted by Gasteiger charge is 2.16. The summed E-state index contributed by atoms with van der Waals surface area (Å²) in [5, 5.41) is 2.57. The van der Waals surface area contributed by atoms with Crippen LogP contribution in [0.5, 0.6) is 5.75 Å². The molecule has 2 aromatic carbocycles. The Kier molecular flexibility index (Phi) is 7.77. The molecule has 0 bridgehead atoms. The van der Waals surface area contributed by atoms with Crippen molar-refractivity contribution in [2.45, 2.75) is 13.0 Å². The van der Waals surface area contributed by atoms with Crippen molar-refractivity contribution < 1.29 is 26.5 Å². The zero-order valence-corrected chi connectivity index (χ0v) is 16.5. The molecular weight excluding hydrogens is 387 g/mol. The average Bonchev–Trinajstić information content (AvgIpc) is 2.63. The number of hydrogen-bond donors (Lipinski definition) is 1. The molecule has 2 rings (SSSR count). The number of ether oxygens (including phenoxy) is 1. The van der Waals surface area contributed by atoms with Gasteiger partial charge in [0.2, 0.25) is 0 Å². The fourth-order valence-corrected chi connectivity index (χ4v) is 2.92. The number of carbonyl (C=O) groups excluding carboxylic acids is 1. The van der Waals surface area contributed by atoms with Gasteiger partial charge in [0.05, 0.1) is 11.9 Å². The number of hydrogen-bond acceptors (Lipinski definition) is 5. The lowest BCUT2D eigenvalue weighted by molar-refractivity contribution is 0.171. The van der Waals surface area contributed by atoms with Crippen LogP contribution in [0.15, 0.2) is 48.5 Å². The van der Waals surface area contributed by atoms with Crippen LogP contribution in [0.25, 0.3) is 0 Å². The number of amides is 2. The van der Waals surface area contributed by atoms with Gasteiger partial charge in [-0.2, -0.15) is 8.42 Å². The molecule has 0 aromatic heterocycles. The molecule has 0 fully saturated rings. The van der Waals surface area contributed by atoms with Crippen molar-refractivity contribution in [2.75, 3.05) is 31.8 Å². The van der Waals surface area contributed by atoms with E-state index in [9.17, 15) is 17.6 Å². The predicted octanol–water partition coefficient (Wildman–Crippen LogP) is 3.23. The molecule has 2 amide bonds. The summed E-state index contributed by atoms with van der Waals surface area (Å²) in [6.07, 6.45) is 1.57. The SMILES string of the molecule is COCCCN(Cc1ccc(OS(C)(=O)=O)cc1)C(=O)Nc1ccccc1F. The normalized spacial score (nSPS) is 11.1. The van der Waals surface area contributed by atoms with Crippen LogP contribution < -0.4 is 9.50 Å². The van der Waals surface area contributed by atoms with E-state index in [1.807, 2.05) is 0 Å². The van der Waals surface area contributed by atoms with Gasteiger partial charge in [-0.25, -0.2) is 9.18 Å². The topological polar surface area (TPSA) is 84.9 Å². The first-order valence-electron chi connectivity index (χ1n) is 8.56. The van der Waals surface area contributed by atoms with Crippen LogP contribution >= 0.6 is 0 Å². The lowest BCUT2D eigenvalue weighted by atomic mass is 10.2. The molecule has 152 valence electrons. The van der Waals surface area contributed by atoms with E-state index in [0.717, 1.165) is 11.8 Å². The number of methoxy groups -OCH3 is 1. The summed E-state index contributed by atoms with van der Waals surface area (Å²) in [5.74, 6) is -0.331. The molecule has 2 aromatic rings. The van der Waals surface area contributed by atoms with Gasteiger partial charge in [-0.1, -0.05) is 24.3 Å². The van der Waals surface area contributed by atoms with Crippen LogP contribution in [0, 0.1) is 5.82 Å². The Hall–Kier alpha value is -2.65. The van der Waals surface area contributed by atoms with Crippen molar-refractivity contribution >= 4 is 21.8 Å². The highest BCUT2D eigenvalue weighted by atomic mass is 32.2. The number of halogens is 1. The molecule has 0 saturated heterocycles. The molecule has 0 aliphatic rings. The Morgan fingerprint density at radius 1 is 1.14 bits per heavy atom. The summed E-state index contributed by atoms with van der Waals surface area (Å²) in [5.41, 5.74) is 0.864. The molecule has 0 aliphatic heterocycles. The molecular formula is C19H23FN2O5S. The Morgan fingerprint density at radius 3 is 2.43 bits per heavy atom. The molecule has 9 heteroatoms. The fourth-order valence-electron chi connectivity index (χ4n) is 2.45.